The lowest BCUT2D eigenvalue weighted by atomic mass is 10.4. The molecular formula is C10H19NO6S. The van der Waals surface area contributed by atoms with Gasteiger partial charge in [0.1, 0.15) is 0 Å². The van der Waals surface area contributed by atoms with Gasteiger partial charge >= 0.3 is 5.97 Å². The highest BCUT2D eigenvalue weighted by atomic mass is 32.2. The molecule has 18 heavy (non-hydrogen) atoms. The highest BCUT2D eigenvalue weighted by Crippen LogP contribution is 2.21. The average molecular weight is 281 g/mol. The van der Waals surface area contributed by atoms with Crippen LogP contribution in [0.5, 0.6) is 0 Å². The summed E-state index contributed by atoms with van der Waals surface area (Å²) in [5, 5.41) is -1.25. The number of hydrogen-bond donors (Lipinski definition) is 1. The summed E-state index contributed by atoms with van der Waals surface area (Å²) in [6.07, 6.45) is -0.361. The van der Waals surface area contributed by atoms with Crippen LogP contribution in [0.25, 0.3) is 0 Å². The lowest BCUT2D eigenvalue weighted by molar-refractivity contribution is -0.140. The minimum Gasteiger partial charge on any atom is -0.468 e. The van der Waals surface area contributed by atoms with E-state index in [2.05, 4.69) is 9.46 Å². The highest BCUT2D eigenvalue weighted by Gasteiger charge is 2.35. The number of sulfonamides is 1. The first-order valence-electron chi connectivity index (χ1n) is 5.56. The fourth-order valence-corrected chi connectivity index (χ4v) is 2.51. The molecule has 1 aliphatic heterocycles. The van der Waals surface area contributed by atoms with Crippen LogP contribution in [0, 0.1) is 0 Å². The van der Waals surface area contributed by atoms with Gasteiger partial charge in [-0.25, -0.2) is 13.1 Å². The second-order valence-corrected chi connectivity index (χ2v) is 6.60. The summed E-state index contributed by atoms with van der Waals surface area (Å²) in [7, 11) is -2.61. The van der Waals surface area contributed by atoms with Crippen molar-refractivity contribution in [2.24, 2.45) is 0 Å². The first-order chi connectivity index (χ1) is 8.18. The fraction of sp³-hybridized carbons (Fsp3) is 0.900. The highest BCUT2D eigenvalue weighted by molar-refractivity contribution is 7.90. The monoisotopic (exact) mass is 281 g/mol. The van der Waals surface area contributed by atoms with Gasteiger partial charge in [-0.05, 0) is 20.8 Å². The van der Waals surface area contributed by atoms with Crippen molar-refractivity contribution in [1.29, 1.82) is 0 Å². The van der Waals surface area contributed by atoms with Crippen LogP contribution in [0.4, 0.5) is 0 Å². The molecule has 0 amide bonds. The smallest absolute Gasteiger partial charge is 0.325 e. The first kappa shape index (κ1) is 15.4. The van der Waals surface area contributed by atoms with Crippen molar-refractivity contribution in [3.63, 3.8) is 0 Å². The third-order valence-electron chi connectivity index (χ3n) is 2.58. The van der Waals surface area contributed by atoms with Crippen LogP contribution in [0.3, 0.4) is 0 Å². The zero-order valence-corrected chi connectivity index (χ0v) is 11.7. The van der Waals surface area contributed by atoms with Crippen LogP contribution >= 0.6 is 0 Å². The van der Waals surface area contributed by atoms with E-state index in [1.807, 2.05) is 0 Å². The number of carbonyl (C=O) groups excluding carboxylic acids is 1. The van der Waals surface area contributed by atoms with E-state index in [0.717, 1.165) is 7.11 Å². The minimum atomic E-state index is -3.76. The SMILES string of the molecule is COC(=O)C(C)S(=O)(=O)NCC1COC(C)(C)O1. The predicted molar refractivity (Wildman–Crippen MR) is 63.3 cm³/mol. The lowest BCUT2D eigenvalue weighted by Crippen LogP contribution is -2.42. The number of nitrogens with one attached hydrogen (secondary N) is 1. The van der Waals surface area contributed by atoms with E-state index in [9.17, 15) is 13.2 Å². The van der Waals surface area contributed by atoms with Gasteiger partial charge in [-0.3, -0.25) is 4.79 Å². The average Bonchev–Trinajstić information content (AvgIpc) is 2.64. The molecule has 2 atom stereocenters. The van der Waals surface area contributed by atoms with Crippen LogP contribution < -0.4 is 4.72 Å². The zero-order chi connectivity index (χ0) is 14.0. The van der Waals surface area contributed by atoms with E-state index in [-0.39, 0.29) is 12.6 Å². The molecular weight excluding hydrogens is 262 g/mol. The largest absolute Gasteiger partial charge is 0.468 e. The van der Waals surface area contributed by atoms with Gasteiger partial charge < -0.3 is 14.2 Å². The molecule has 106 valence electrons. The molecule has 2 unspecified atom stereocenters. The molecule has 7 nitrogen and oxygen atoms in total. The Morgan fingerprint density at radius 1 is 1.56 bits per heavy atom. The molecule has 0 aromatic heterocycles. The quantitative estimate of drug-likeness (QED) is 0.691. The van der Waals surface area contributed by atoms with Crippen LogP contribution in [0.15, 0.2) is 0 Å². The molecule has 0 saturated carbocycles. The van der Waals surface area contributed by atoms with E-state index < -0.39 is 27.0 Å². The van der Waals surface area contributed by atoms with Crippen LogP contribution in [-0.2, 0) is 29.0 Å². The number of hydrogen-bond acceptors (Lipinski definition) is 6. The van der Waals surface area contributed by atoms with Gasteiger partial charge in [0.2, 0.25) is 10.0 Å². The molecule has 0 spiro atoms. The van der Waals surface area contributed by atoms with E-state index in [1.165, 1.54) is 6.92 Å². The zero-order valence-electron chi connectivity index (χ0n) is 10.9. The van der Waals surface area contributed by atoms with Gasteiger partial charge in [0, 0.05) is 6.54 Å². The Bertz CT molecular complexity index is 405. The second-order valence-electron chi connectivity index (χ2n) is 4.51. The maximum absolute atomic E-state index is 11.7. The van der Waals surface area contributed by atoms with Gasteiger partial charge in [-0.15, -0.1) is 0 Å². The summed E-state index contributed by atoms with van der Waals surface area (Å²) in [5.41, 5.74) is 0. The van der Waals surface area contributed by atoms with E-state index in [4.69, 9.17) is 9.47 Å². The standard InChI is InChI=1S/C10H19NO6S/c1-7(9(12)15-4)18(13,14)11-5-8-6-16-10(2,3)17-8/h7-8,11H,5-6H2,1-4H3. The van der Waals surface area contributed by atoms with Crippen molar-refractivity contribution < 1.29 is 27.4 Å². The number of methoxy groups -OCH3 is 1. The number of esters is 1. The first-order valence-corrected chi connectivity index (χ1v) is 7.10. The molecule has 0 bridgehead atoms. The van der Waals surface area contributed by atoms with Crippen molar-refractivity contribution >= 4 is 16.0 Å². The Morgan fingerprint density at radius 3 is 2.61 bits per heavy atom. The van der Waals surface area contributed by atoms with Crippen LogP contribution in [-0.4, -0.2) is 51.8 Å². The Hall–Kier alpha value is -0.700. The molecule has 0 radical (unpaired) electrons. The van der Waals surface area contributed by atoms with Gasteiger partial charge in [0.15, 0.2) is 11.0 Å². The van der Waals surface area contributed by atoms with Crippen molar-refractivity contribution in [3.8, 4) is 0 Å². The van der Waals surface area contributed by atoms with Gasteiger partial charge in [0.25, 0.3) is 0 Å². The molecule has 1 N–H and O–H groups in total. The Labute approximate surface area is 107 Å². The van der Waals surface area contributed by atoms with Gasteiger partial charge in [-0.2, -0.15) is 0 Å². The summed E-state index contributed by atoms with van der Waals surface area (Å²) in [6, 6.07) is 0. The minimum absolute atomic E-state index is 0.0626. The van der Waals surface area contributed by atoms with E-state index in [1.54, 1.807) is 13.8 Å². The molecule has 1 rings (SSSR count). The van der Waals surface area contributed by atoms with Crippen LogP contribution in [0.2, 0.25) is 0 Å². The molecule has 0 aliphatic carbocycles. The third kappa shape index (κ3) is 3.91. The Kier molecular flexibility index (Phi) is 4.71. The summed E-state index contributed by atoms with van der Waals surface area (Å²) in [6.45, 7) is 5.14. The maximum atomic E-state index is 11.7. The molecule has 8 heteroatoms. The Balaban J connectivity index is 2.50. The van der Waals surface area contributed by atoms with Crippen molar-refractivity contribution in [2.75, 3.05) is 20.3 Å². The normalized spacial score (nSPS) is 24.8. The van der Waals surface area contributed by atoms with Crippen molar-refractivity contribution in [3.05, 3.63) is 0 Å². The molecule has 0 aromatic carbocycles. The van der Waals surface area contributed by atoms with Gasteiger partial charge in [0.05, 0.1) is 19.8 Å². The molecule has 1 aliphatic rings. The molecule has 1 fully saturated rings. The van der Waals surface area contributed by atoms with E-state index in [0.29, 0.717) is 6.61 Å². The second kappa shape index (κ2) is 5.52. The van der Waals surface area contributed by atoms with Crippen LogP contribution in [0.1, 0.15) is 20.8 Å². The maximum Gasteiger partial charge on any atom is 0.325 e. The summed E-state index contributed by atoms with van der Waals surface area (Å²) in [4.78, 5) is 11.2. The molecule has 0 aromatic rings. The summed E-state index contributed by atoms with van der Waals surface area (Å²) >= 11 is 0. The number of ether oxygens (including phenoxy) is 3. The predicted octanol–water partition coefficient (Wildman–Crippen LogP) is -0.381. The number of carbonyl (C=O) groups is 1. The van der Waals surface area contributed by atoms with Crippen molar-refractivity contribution in [2.45, 2.75) is 37.9 Å². The summed E-state index contributed by atoms with van der Waals surface area (Å²) in [5.74, 6) is -1.50. The topological polar surface area (TPSA) is 90.9 Å². The summed E-state index contributed by atoms with van der Waals surface area (Å²) < 4.78 is 40.9. The fourth-order valence-electron chi connectivity index (χ4n) is 1.49. The van der Waals surface area contributed by atoms with Gasteiger partial charge in [-0.1, -0.05) is 0 Å². The third-order valence-corrected chi connectivity index (χ3v) is 4.27. The lowest BCUT2D eigenvalue weighted by Gasteiger charge is -2.18. The van der Waals surface area contributed by atoms with Crippen molar-refractivity contribution in [1.82, 2.24) is 4.72 Å². The Morgan fingerprint density at radius 2 is 2.17 bits per heavy atom. The van der Waals surface area contributed by atoms with E-state index >= 15 is 0 Å². The molecule has 1 heterocycles. The number of rotatable bonds is 5. The molecule has 1 saturated heterocycles.